The van der Waals surface area contributed by atoms with Gasteiger partial charge in [0.05, 0.1) is 19.5 Å². The molecule has 0 spiro atoms. The number of carbonyl (C=O) groups is 2. The Hall–Kier alpha value is -1.32. The normalized spacial score (nSPS) is 10.1. The van der Waals surface area contributed by atoms with Gasteiger partial charge in [-0.1, -0.05) is 13.3 Å². The Morgan fingerprint density at radius 2 is 2.00 bits per heavy atom. The maximum atomic E-state index is 10.9. The van der Waals surface area contributed by atoms with Crippen LogP contribution in [0.2, 0.25) is 0 Å². The lowest BCUT2D eigenvalue weighted by molar-refractivity contribution is -0.151. The van der Waals surface area contributed by atoms with Crippen molar-refractivity contribution < 1.29 is 19.1 Å². The standard InChI is InChI=1S/C10H16O4/c1-3-5-7-13-8-6-9(11)10(12)14-4-2/h6,8H,3-5,7H2,1-2H3/b8-6+. The van der Waals surface area contributed by atoms with Gasteiger partial charge in [0.15, 0.2) is 0 Å². The van der Waals surface area contributed by atoms with Crippen molar-refractivity contribution in [2.24, 2.45) is 0 Å². The van der Waals surface area contributed by atoms with Crippen LogP contribution in [0, 0.1) is 0 Å². The minimum absolute atomic E-state index is 0.203. The predicted octanol–water partition coefficient (Wildman–Crippen LogP) is 1.45. The van der Waals surface area contributed by atoms with Gasteiger partial charge in [-0.2, -0.15) is 0 Å². The Morgan fingerprint density at radius 1 is 1.29 bits per heavy atom. The van der Waals surface area contributed by atoms with Crippen molar-refractivity contribution in [1.29, 1.82) is 0 Å². The van der Waals surface area contributed by atoms with E-state index in [0.29, 0.717) is 6.61 Å². The number of carbonyl (C=O) groups excluding carboxylic acids is 2. The molecule has 0 aromatic rings. The van der Waals surface area contributed by atoms with Crippen molar-refractivity contribution >= 4 is 11.8 Å². The molecule has 0 saturated carbocycles. The molecular weight excluding hydrogens is 184 g/mol. The maximum Gasteiger partial charge on any atom is 0.379 e. The Bertz CT molecular complexity index is 208. The Labute approximate surface area is 83.9 Å². The molecular formula is C10H16O4. The van der Waals surface area contributed by atoms with Crippen LogP contribution in [-0.4, -0.2) is 25.0 Å². The fourth-order valence-corrected chi connectivity index (χ4v) is 0.676. The molecule has 0 bridgehead atoms. The fraction of sp³-hybridized carbons (Fsp3) is 0.600. The first-order valence-corrected chi connectivity index (χ1v) is 4.71. The van der Waals surface area contributed by atoms with Crippen LogP contribution < -0.4 is 0 Å². The second kappa shape index (κ2) is 8.29. The Balaban J connectivity index is 3.65. The predicted molar refractivity (Wildman–Crippen MR) is 51.6 cm³/mol. The summed E-state index contributed by atoms with van der Waals surface area (Å²) in [6, 6.07) is 0. The second-order valence-electron chi connectivity index (χ2n) is 2.61. The zero-order valence-corrected chi connectivity index (χ0v) is 8.62. The van der Waals surface area contributed by atoms with Crippen LogP contribution in [0.5, 0.6) is 0 Å². The highest BCUT2D eigenvalue weighted by Gasteiger charge is 2.09. The molecule has 80 valence electrons. The summed E-state index contributed by atoms with van der Waals surface area (Å²) in [5.74, 6) is -1.54. The van der Waals surface area contributed by atoms with E-state index >= 15 is 0 Å². The van der Waals surface area contributed by atoms with E-state index < -0.39 is 11.8 Å². The minimum atomic E-state index is -0.845. The van der Waals surface area contributed by atoms with Crippen LogP contribution in [0.25, 0.3) is 0 Å². The summed E-state index contributed by atoms with van der Waals surface area (Å²) >= 11 is 0. The van der Waals surface area contributed by atoms with Crippen molar-refractivity contribution in [2.45, 2.75) is 26.7 Å². The summed E-state index contributed by atoms with van der Waals surface area (Å²) in [4.78, 5) is 21.7. The average molecular weight is 200 g/mol. The first-order chi connectivity index (χ1) is 6.72. The van der Waals surface area contributed by atoms with Crippen molar-refractivity contribution in [3.05, 3.63) is 12.3 Å². The first kappa shape index (κ1) is 12.7. The minimum Gasteiger partial charge on any atom is -0.501 e. The van der Waals surface area contributed by atoms with E-state index in [4.69, 9.17) is 4.74 Å². The van der Waals surface area contributed by atoms with E-state index in [9.17, 15) is 9.59 Å². The summed E-state index contributed by atoms with van der Waals surface area (Å²) < 4.78 is 9.45. The van der Waals surface area contributed by atoms with Gasteiger partial charge in [-0.3, -0.25) is 4.79 Å². The number of ether oxygens (including phenoxy) is 2. The van der Waals surface area contributed by atoms with Crippen molar-refractivity contribution in [3.63, 3.8) is 0 Å². The van der Waals surface area contributed by atoms with Crippen LogP contribution in [-0.2, 0) is 19.1 Å². The van der Waals surface area contributed by atoms with E-state index in [-0.39, 0.29) is 6.61 Å². The smallest absolute Gasteiger partial charge is 0.379 e. The molecule has 0 unspecified atom stereocenters. The number of hydrogen-bond donors (Lipinski definition) is 0. The summed E-state index contributed by atoms with van der Waals surface area (Å²) in [5.41, 5.74) is 0. The third-order valence-corrected chi connectivity index (χ3v) is 1.41. The van der Waals surface area contributed by atoms with Gasteiger partial charge >= 0.3 is 5.97 Å². The molecule has 0 saturated heterocycles. The zero-order valence-electron chi connectivity index (χ0n) is 8.62. The van der Waals surface area contributed by atoms with Crippen LogP contribution in [0.3, 0.4) is 0 Å². The molecule has 0 fully saturated rings. The molecule has 0 rings (SSSR count). The van der Waals surface area contributed by atoms with Gasteiger partial charge in [0.1, 0.15) is 0 Å². The molecule has 0 aliphatic heterocycles. The molecule has 0 radical (unpaired) electrons. The summed E-state index contributed by atoms with van der Waals surface area (Å²) in [6.07, 6.45) is 4.26. The average Bonchev–Trinajstić information content (AvgIpc) is 2.17. The van der Waals surface area contributed by atoms with Gasteiger partial charge in [0.2, 0.25) is 0 Å². The highest BCUT2D eigenvalue weighted by Crippen LogP contribution is 1.90. The third-order valence-electron chi connectivity index (χ3n) is 1.41. The van der Waals surface area contributed by atoms with E-state index in [1.54, 1.807) is 6.92 Å². The summed E-state index contributed by atoms with van der Waals surface area (Å²) in [7, 11) is 0. The van der Waals surface area contributed by atoms with Gasteiger partial charge in [-0.25, -0.2) is 4.79 Å². The molecule has 14 heavy (non-hydrogen) atoms. The number of hydrogen-bond acceptors (Lipinski definition) is 4. The lowest BCUT2D eigenvalue weighted by Crippen LogP contribution is -2.14. The molecule has 0 aromatic carbocycles. The zero-order chi connectivity index (χ0) is 10.8. The van der Waals surface area contributed by atoms with Crippen LogP contribution in [0.4, 0.5) is 0 Å². The summed E-state index contributed by atoms with van der Waals surface area (Å²) in [6.45, 7) is 4.45. The Morgan fingerprint density at radius 3 is 2.57 bits per heavy atom. The maximum absolute atomic E-state index is 10.9. The fourth-order valence-electron chi connectivity index (χ4n) is 0.676. The molecule has 4 nitrogen and oxygen atoms in total. The molecule has 0 N–H and O–H groups in total. The van der Waals surface area contributed by atoms with Crippen molar-refractivity contribution in [2.75, 3.05) is 13.2 Å². The lowest BCUT2D eigenvalue weighted by Gasteiger charge is -1.98. The van der Waals surface area contributed by atoms with E-state index in [1.165, 1.54) is 6.26 Å². The monoisotopic (exact) mass is 200 g/mol. The van der Waals surface area contributed by atoms with Gasteiger partial charge < -0.3 is 9.47 Å². The van der Waals surface area contributed by atoms with Gasteiger partial charge in [-0.05, 0) is 13.3 Å². The molecule has 0 aliphatic rings. The van der Waals surface area contributed by atoms with Crippen LogP contribution in [0.1, 0.15) is 26.7 Å². The first-order valence-electron chi connectivity index (χ1n) is 4.71. The quantitative estimate of drug-likeness (QED) is 0.205. The number of rotatable bonds is 7. The SMILES string of the molecule is CCCCO/C=C/C(=O)C(=O)OCC. The van der Waals surface area contributed by atoms with Crippen LogP contribution >= 0.6 is 0 Å². The lowest BCUT2D eigenvalue weighted by atomic mass is 10.4. The highest BCUT2D eigenvalue weighted by atomic mass is 16.5. The van der Waals surface area contributed by atoms with Crippen molar-refractivity contribution in [1.82, 2.24) is 0 Å². The largest absolute Gasteiger partial charge is 0.501 e. The topological polar surface area (TPSA) is 52.6 Å². The highest BCUT2D eigenvalue weighted by molar-refractivity contribution is 6.38. The van der Waals surface area contributed by atoms with Crippen LogP contribution in [0.15, 0.2) is 12.3 Å². The van der Waals surface area contributed by atoms with E-state index in [1.807, 2.05) is 6.92 Å². The molecule has 0 heterocycles. The number of unbranched alkanes of at least 4 members (excludes halogenated alkanes) is 1. The number of ketones is 1. The Kier molecular flexibility index (Phi) is 7.50. The number of esters is 1. The van der Waals surface area contributed by atoms with Gasteiger partial charge in [0.25, 0.3) is 5.78 Å². The molecule has 0 atom stereocenters. The third kappa shape index (κ3) is 6.22. The molecule has 0 amide bonds. The van der Waals surface area contributed by atoms with Gasteiger partial charge in [0, 0.05) is 6.08 Å². The second-order valence-corrected chi connectivity index (χ2v) is 2.61. The van der Waals surface area contributed by atoms with Crippen molar-refractivity contribution in [3.8, 4) is 0 Å². The van der Waals surface area contributed by atoms with Gasteiger partial charge in [-0.15, -0.1) is 0 Å². The molecule has 0 aromatic heterocycles. The summed E-state index contributed by atoms with van der Waals surface area (Å²) in [5, 5.41) is 0. The molecule has 4 heteroatoms. The van der Waals surface area contributed by atoms with E-state index in [2.05, 4.69) is 4.74 Å². The molecule has 0 aliphatic carbocycles. The van der Waals surface area contributed by atoms with E-state index in [0.717, 1.165) is 18.9 Å².